The fourth-order valence-electron chi connectivity index (χ4n) is 4.68. The Morgan fingerprint density at radius 2 is 1.87 bits per heavy atom. The minimum Gasteiger partial charge on any atom is -0.385 e. The topological polar surface area (TPSA) is 29.1 Å². The van der Waals surface area contributed by atoms with Crippen molar-refractivity contribution in [3.8, 4) is 0 Å². The zero-order chi connectivity index (χ0) is 16.3. The highest BCUT2D eigenvalue weighted by molar-refractivity contribution is 7.71. The maximum atomic E-state index is 12.9. The van der Waals surface area contributed by atoms with Gasteiger partial charge in [0, 0.05) is 29.9 Å². The molecule has 1 atom stereocenters. The van der Waals surface area contributed by atoms with Crippen LogP contribution in [0.3, 0.4) is 0 Å². The first-order valence-corrected chi connectivity index (χ1v) is 11.6. The van der Waals surface area contributed by atoms with Crippen molar-refractivity contribution in [1.82, 2.24) is 0 Å². The summed E-state index contributed by atoms with van der Waals surface area (Å²) in [6.45, 7) is 5.19. The smallest absolute Gasteiger partial charge is 0.115 e. The maximum Gasteiger partial charge on any atom is 0.115 e. The Morgan fingerprint density at radius 1 is 1.13 bits per heavy atom. The summed E-state index contributed by atoms with van der Waals surface area (Å²) in [5.41, 5.74) is 1.81. The summed E-state index contributed by atoms with van der Waals surface area (Å²) in [6, 6.07) is 8.39. The molecule has 1 aromatic rings. The van der Waals surface area contributed by atoms with E-state index in [-0.39, 0.29) is 0 Å². The molecule has 0 aliphatic heterocycles. The van der Waals surface area contributed by atoms with Crippen LogP contribution in [0.5, 0.6) is 0 Å². The number of benzene rings is 1. The number of rotatable bonds is 6. The van der Waals surface area contributed by atoms with Gasteiger partial charge < -0.3 is 9.88 Å². The summed E-state index contributed by atoms with van der Waals surface area (Å²) in [5.74, 6) is 0.831. The number of hydrogen-bond acceptors (Lipinski definition) is 2. The van der Waals surface area contributed by atoms with Crippen molar-refractivity contribution in [2.75, 3.05) is 24.2 Å². The van der Waals surface area contributed by atoms with Crippen LogP contribution in [-0.2, 0) is 4.57 Å². The Hall–Kier alpha value is -0.750. The predicted octanol–water partition coefficient (Wildman–Crippen LogP) is 5.49. The minimum atomic E-state index is -2.18. The number of anilines is 1. The van der Waals surface area contributed by atoms with E-state index in [9.17, 15) is 4.57 Å². The summed E-state index contributed by atoms with van der Waals surface area (Å²) in [6.07, 6.45) is 11.5. The van der Waals surface area contributed by atoms with Gasteiger partial charge in [-0.05, 0) is 49.1 Å². The highest BCUT2D eigenvalue weighted by Crippen LogP contribution is 2.55. The molecule has 0 amide bonds. The van der Waals surface area contributed by atoms with Crippen molar-refractivity contribution in [3.63, 3.8) is 0 Å². The molecule has 2 saturated carbocycles. The molecule has 2 aliphatic carbocycles. The fourth-order valence-corrected chi connectivity index (χ4v) is 6.59. The molecule has 2 nitrogen and oxygen atoms in total. The van der Waals surface area contributed by atoms with Gasteiger partial charge in [0.1, 0.15) is 7.14 Å². The summed E-state index contributed by atoms with van der Waals surface area (Å²) in [4.78, 5) is 0. The fraction of sp³-hybridized carbons (Fsp3) is 0.700. The lowest BCUT2D eigenvalue weighted by atomic mass is 9.55. The van der Waals surface area contributed by atoms with Crippen molar-refractivity contribution in [1.29, 1.82) is 0 Å². The Morgan fingerprint density at radius 3 is 2.52 bits per heavy atom. The van der Waals surface area contributed by atoms with E-state index in [2.05, 4.69) is 23.5 Å². The van der Waals surface area contributed by atoms with Gasteiger partial charge in [-0.25, -0.2) is 0 Å². The van der Waals surface area contributed by atoms with E-state index in [4.69, 9.17) is 0 Å². The molecule has 1 N–H and O–H groups in total. The van der Waals surface area contributed by atoms with Gasteiger partial charge in [-0.2, -0.15) is 0 Å². The van der Waals surface area contributed by atoms with Crippen molar-refractivity contribution in [2.45, 2.75) is 58.8 Å². The van der Waals surface area contributed by atoms with E-state index in [0.717, 1.165) is 35.8 Å². The van der Waals surface area contributed by atoms with E-state index in [1.165, 1.54) is 44.9 Å². The summed E-state index contributed by atoms with van der Waals surface area (Å²) in [5, 5.41) is 4.73. The normalized spacial score (nSPS) is 23.5. The largest absolute Gasteiger partial charge is 0.385 e. The second kappa shape index (κ2) is 7.01. The SMILES string of the molecule is CCP(=O)(CC)c1cccc(NCC2CCCCC23CCC3)c1. The lowest BCUT2D eigenvalue weighted by Crippen LogP contribution is -2.42. The van der Waals surface area contributed by atoms with E-state index >= 15 is 0 Å². The summed E-state index contributed by atoms with van der Waals surface area (Å²) in [7, 11) is -2.18. The molecule has 128 valence electrons. The molecule has 0 radical (unpaired) electrons. The molecule has 2 fully saturated rings. The number of hydrogen-bond donors (Lipinski definition) is 1. The first-order chi connectivity index (χ1) is 11.1. The van der Waals surface area contributed by atoms with E-state index < -0.39 is 7.14 Å². The van der Waals surface area contributed by atoms with Crippen LogP contribution in [0.15, 0.2) is 24.3 Å². The van der Waals surface area contributed by atoms with Crippen LogP contribution in [0.2, 0.25) is 0 Å². The zero-order valence-corrected chi connectivity index (χ0v) is 15.7. The second-order valence-corrected chi connectivity index (χ2v) is 11.2. The Labute approximate surface area is 141 Å². The predicted molar refractivity (Wildman–Crippen MR) is 101 cm³/mol. The maximum absolute atomic E-state index is 12.9. The van der Waals surface area contributed by atoms with Crippen molar-refractivity contribution in [2.24, 2.45) is 11.3 Å². The molecule has 2 aliphatic rings. The third-order valence-corrected chi connectivity index (χ3v) is 9.85. The van der Waals surface area contributed by atoms with Crippen molar-refractivity contribution in [3.05, 3.63) is 24.3 Å². The Kier molecular flexibility index (Phi) is 5.21. The summed E-state index contributed by atoms with van der Waals surface area (Å²) < 4.78 is 12.9. The first kappa shape index (κ1) is 17.1. The van der Waals surface area contributed by atoms with Gasteiger partial charge in [0.15, 0.2) is 0 Å². The van der Waals surface area contributed by atoms with Crippen LogP contribution < -0.4 is 10.6 Å². The van der Waals surface area contributed by atoms with Crippen molar-refractivity contribution >= 4 is 18.1 Å². The standard InChI is InChI=1S/C20H32NOP/c1-3-23(22,4-2)19-11-7-10-18(15-19)21-16-17-9-5-6-12-20(17)13-8-14-20/h7,10-11,15,17,21H,3-6,8-9,12-14,16H2,1-2H3. The molecule has 0 saturated heterocycles. The third kappa shape index (κ3) is 3.38. The minimum absolute atomic E-state index is 0.658. The van der Waals surface area contributed by atoms with Crippen LogP contribution in [0.1, 0.15) is 58.8 Å². The highest BCUT2D eigenvalue weighted by Gasteiger charge is 2.44. The monoisotopic (exact) mass is 333 g/mol. The third-order valence-electron chi connectivity index (χ3n) is 6.58. The van der Waals surface area contributed by atoms with E-state index in [1.54, 1.807) is 0 Å². The van der Waals surface area contributed by atoms with Crippen LogP contribution in [-0.4, -0.2) is 18.9 Å². The molecule has 23 heavy (non-hydrogen) atoms. The molecular formula is C20H32NOP. The molecule has 3 rings (SSSR count). The molecule has 1 unspecified atom stereocenters. The van der Waals surface area contributed by atoms with E-state index in [1.807, 2.05) is 19.9 Å². The zero-order valence-electron chi connectivity index (χ0n) is 14.8. The lowest BCUT2D eigenvalue weighted by molar-refractivity contribution is 0.0140. The van der Waals surface area contributed by atoms with Gasteiger partial charge in [0.2, 0.25) is 0 Å². The van der Waals surface area contributed by atoms with Gasteiger partial charge in [0.25, 0.3) is 0 Å². The van der Waals surface area contributed by atoms with Crippen LogP contribution in [0, 0.1) is 11.3 Å². The van der Waals surface area contributed by atoms with Crippen LogP contribution in [0.4, 0.5) is 5.69 Å². The Bertz CT molecular complexity index is 571. The van der Waals surface area contributed by atoms with E-state index in [0.29, 0.717) is 5.41 Å². The van der Waals surface area contributed by atoms with Gasteiger partial charge in [0.05, 0.1) is 0 Å². The summed E-state index contributed by atoms with van der Waals surface area (Å²) >= 11 is 0. The molecule has 0 heterocycles. The molecule has 1 aromatic carbocycles. The van der Waals surface area contributed by atoms with Gasteiger partial charge in [-0.1, -0.05) is 45.2 Å². The van der Waals surface area contributed by atoms with Gasteiger partial charge in [-0.3, -0.25) is 0 Å². The van der Waals surface area contributed by atoms with Crippen LogP contribution >= 0.6 is 7.14 Å². The highest BCUT2D eigenvalue weighted by atomic mass is 31.2. The van der Waals surface area contributed by atoms with Gasteiger partial charge in [-0.15, -0.1) is 0 Å². The quantitative estimate of drug-likeness (QED) is 0.698. The van der Waals surface area contributed by atoms with Crippen LogP contribution in [0.25, 0.3) is 0 Å². The van der Waals surface area contributed by atoms with Crippen molar-refractivity contribution < 1.29 is 4.57 Å². The first-order valence-electron chi connectivity index (χ1n) is 9.54. The molecule has 1 spiro atoms. The molecular weight excluding hydrogens is 301 g/mol. The molecule has 0 bridgehead atoms. The van der Waals surface area contributed by atoms with Gasteiger partial charge >= 0.3 is 0 Å². The lowest BCUT2D eigenvalue weighted by Gasteiger charge is -2.51. The average molecular weight is 333 g/mol. The molecule has 0 aromatic heterocycles. The number of nitrogens with one attached hydrogen (secondary N) is 1. The molecule has 3 heteroatoms. The second-order valence-electron chi connectivity index (χ2n) is 7.61. The average Bonchev–Trinajstić information content (AvgIpc) is 2.58. The Balaban J connectivity index is 1.67.